The van der Waals surface area contributed by atoms with Crippen LogP contribution in [0.3, 0.4) is 0 Å². The molecule has 0 unspecified atom stereocenters. The van der Waals surface area contributed by atoms with Gasteiger partial charge in [0.2, 0.25) is 0 Å². The van der Waals surface area contributed by atoms with Gasteiger partial charge >= 0.3 is 0 Å². The molecule has 0 saturated carbocycles. The van der Waals surface area contributed by atoms with Gasteiger partial charge in [0.1, 0.15) is 5.78 Å². The third-order valence-corrected chi connectivity index (χ3v) is 3.09. The SMILES string of the molecule is CC(=O)C(C)(C)C(=O)c1cc(C)ccc1C. The highest BCUT2D eigenvalue weighted by molar-refractivity contribution is 6.13. The van der Waals surface area contributed by atoms with E-state index in [-0.39, 0.29) is 11.6 Å². The summed E-state index contributed by atoms with van der Waals surface area (Å²) in [5.74, 6) is -0.195. The van der Waals surface area contributed by atoms with Crippen LogP contribution in [-0.4, -0.2) is 11.6 Å². The van der Waals surface area contributed by atoms with Gasteiger partial charge in [0.25, 0.3) is 0 Å². The van der Waals surface area contributed by atoms with Gasteiger partial charge in [0.05, 0.1) is 5.41 Å². The van der Waals surface area contributed by atoms with E-state index in [9.17, 15) is 9.59 Å². The number of ketones is 2. The number of aryl methyl sites for hydroxylation is 2. The normalized spacial score (nSPS) is 11.3. The summed E-state index contributed by atoms with van der Waals surface area (Å²) < 4.78 is 0. The maximum atomic E-state index is 12.3. The Labute approximate surface area is 96.7 Å². The topological polar surface area (TPSA) is 34.1 Å². The van der Waals surface area contributed by atoms with Crippen LogP contribution in [0.5, 0.6) is 0 Å². The molecular formula is C14H18O2. The monoisotopic (exact) mass is 218 g/mol. The molecule has 0 spiro atoms. The summed E-state index contributed by atoms with van der Waals surface area (Å²) in [5, 5.41) is 0. The first-order valence-corrected chi connectivity index (χ1v) is 5.40. The number of hydrogen-bond acceptors (Lipinski definition) is 2. The summed E-state index contributed by atoms with van der Waals surface area (Å²) in [5.41, 5.74) is 1.68. The van der Waals surface area contributed by atoms with E-state index in [2.05, 4.69) is 0 Å². The van der Waals surface area contributed by atoms with Crippen molar-refractivity contribution in [2.75, 3.05) is 0 Å². The third kappa shape index (κ3) is 2.21. The van der Waals surface area contributed by atoms with Crippen LogP contribution in [0.1, 0.15) is 42.3 Å². The maximum Gasteiger partial charge on any atom is 0.176 e. The van der Waals surface area contributed by atoms with Crippen LogP contribution in [0.15, 0.2) is 18.2 Å². The van der Waals surface area contributed by atoms with Crippen LogP contribution in [0.4, 0.5) is 0 Å². The number of carbonyl (C=O) groups is 2. The molecule has 0 aromatic heterocycles. The molecule has 16 heavy (non-hydrogen) atoms. The zero-order chi connectivity index (χ0) is 12.5. The van der Waals surface area contributed by atoms with Crippen LogP contribution in [0, 0.1) is 19.3 Å². The lowest BCUT2D eigenvalue weighted by atomic mass is 9.79. The molecule has 0 aliphatic rings. The van der Waals surface area contributed by atoms with Crippen LogP contribution >= 0.6 is 0 Å². The molecule has 2 heteroatoms. The van der Waals surface area contributed by atoms with Crippen molar-refractivity contribution in [2.45, 2.75) is 34.6 Å². The molecule has 0 amide bonds. The van der Waals surface area contributed by atoms with Gasteiger partial charge in [-0.25, -0.2) is 0 Å². The molecule has 86 valence electrons. The molecule has 0 radical (unpaired) electrons. The van der Waals surface area contributed by atoms with Gasteiger partial charge in [-0.2, -0.15) is 0 Å². The zero-order valence-corrected chi connectivity index (χ0v) is 10.5. The quantitative estimate of drug-likeness (QED) is 0.577. The highest BCUT2D eigenvalue weighted by Crippen LogP contribution is 2.25. The minimum absolute atomic E-state index is 0.0961. The fourth-order valence-corrected chi connectivity index (χ4v) is 1.48. The summed E-state index contributed by atoms with van der Waals surface area (Å²) in [4.78, 5) is 23.7. The lowest BCUT2D eigenvalue weighted by Gasteiger charge is -2.20. The Morgan fingerprint density at radius 3 is 2.19 bits per heavy atom. The molecule has 0 saturated heterocycles. The Kier molecular flexibility index (Phi) is 3.32. The second kappa shape index (κ2) is 4.20. The number of benzene rings is 1. The van der Waals surface area contributed by atoms with Crippen LogP contribution in [0.25, 0.3) is 0 Å². The van der Waals surface area contributed by atoms with E-state index in [1.807, 2.05) is 32.0 Å². The molecule has 0 heterocycles. The second-order valence-corrected chi connectivity index (χ2v) is 4.83. The van der Waals surface area contributed by atoms with Crippen LogP contribution in [-0.2, 0) is 4.79 Å². The molecule has 0 aliphatic carbocycles. The predicted octanol–water partition coefficient (Wildman–Crippen LogP) is 3.10. The maximum absolute atomic E-state index is 12.3. The van der Waals surface area contributed by atoms with Crippen molar-refractivity contribution in [1.29, 1.82) is 0 Å². The summed E-state index contributed by atoms with van der Waals surface area (Å²) in [7, 11) is 0. The first-order valence-electron chi connectivity index (χ1n) is 5.40. The van der Waals surface area contributed by atoms with Crippen molar-refractivity contribution in [1.82, 2.24) is 0 Å². The van der Waals surface area contributed by atoms with E-state index in [0.29, 0.717) is 5.56 Å². The Bertz CT molecular complexity index is 442. The molecule has 2 nitrogen and oxygen atoms in total. The first kappa shape index (κ1) is 12.6. The Morgan fingerprint density at radius 1 is 1.12 bits per heavy atom. The summed E-state index contributed by atoms with van der Waals surface area (Å²) in [6.07, 6.45) is 0. The van der Waals surface area contributed by atoms with E-state index in [4.69, 9.17) is 0 Å². The minimum Gasteiger partial charge on any atom is -0.299 e. The Morgan fingerprint density at radius 2 is 1.69 bits per heavy atom. The van der Waals surface area contributed by atoms with Crippen molar-refractivity contribution >= 4 is 11.6 Å². The smallest absolute Gasteiger partial charge is 0.176 e. The second-order valence-electron chi connectivity index (χ2n) is 4.83. The molecule has 1 aromatic rings. The standard InChI is InChI=1S/C14H18O2/c1-9-6-7-10(2)12(8-9)13(16)14(4,5)11(3)15/h6-8H,1-5H3. The van der Waals surface area contributed by atoms with Crippen molar-refractivity contribution < 1.29 is 9.59 Å². The predicted molar refractivity (Wildman–Crippen MR) is 64.7 cm³/mol. The first-order chi connectivity index (χ1) is 7.26. The van der Waals surface area contributed by atoms with E-state index < -0.39 is 5.41 Å². The van der Waals surface area contributed by atoms with Gasteiger partial charge in [-0.3, -0.25) is 9.59 Å². The number of Topliss-reactive ketones (excluding diaryl/α,β-unsaturated/α-hetero) is 2. The summed E-state index contributed by atoms with van der Waals surface area (Å²) in [6, 6.07) is 5.73. The number of carbonyl (C=O) groups excluding carboxylic acids is 2. The highest BCUT2D eigenvalue weighted by atomic mass is 16.2. The number of rotatable bonds is 3. The van der Waals surface area contributed by atoms with E-state index in [0.717, 1.165) is 11.1 Å². The lowest BCUT2D eigenvalue weighted by Crippen LogP contribution is -2.32. The van der Waals surface area contributed by atoms with Crippen molar-refractivity contribution in [2.24, 2.45) is 5.41 Å². The van der Waals surface area contributed by atoms with Crippen LogP contribution < -0.4 is 0 Å². The van der Waals surface area contributed by atoms with Gasteiger partial charge in [-0.15, -0.1) is 0 Å². The molecule has 0 fully saturated rings. The van der Waals surface area contributed by atoms with Gasteiger partial charge in [-0.1, -0.05) is 17.7 Å². The molecular weight excluding hydrogens is 200 g/mol. The van der Waals surface area contributed by atoms with Gasteiger partial charge < -0.3 is 0 Å². The third-order valence-electron chi connectivity index (χ3n) is 3.09. The van der Waals surface area contributed by atoms with Crippen molar-refractivity contribution in [3.8, 4) is 0 Å². The zero-order valence-electron chi connectivity index (χ0n) is 10.5. The molecule has 1 aromatic carbocycles. The van der Waals surface area contributed by atoms with Gasteiger partial charge in [0.15, 0.2) is 5.78 Å². The Balaban J connectivity index is 3.25. The summed E-state index contributed by atoms with van der Waals surface area (Å²) >= 11 is 0. The molecule has 0 N–H and O–H groups in total. The fraction of sp³-hybridized carbons (Fsp3) is 0.429. The number of hydrogen-bond donors (Lipinski definition) is 0. The minimum atomic E-state index is -0.932. The molecule has 1 rings (SSSR count). The Hall–Kier alpha value is -1.44. The largest absolute Gasteiger partial charge is 0.299 e. The van der Waals surface area contributed by atoms with E-state index in [1.165, 1.54) is 6.92 Å². The van der Waals surface area contributed by atoms with Gasteiger partial charge in [0, 0.05) is 5.56 Å². The average molecular weight is 218 g/mol. The summed E-state index contributed by atoms with van der Waals surface area (Å²) in [6.45, 7) is 8.65. The van der Waals surface area contributed by atoms with E-state index >= 15 is 0 Å². The molecule has 0 atom stereocenters. The lowest BCUT2D eigenvalue weighted by molar-refractivity contribution is -0.122. The average Bonchev–Trinajstić information content (AvgIpc) is 2.20. The van der Waals surface area contributed by atoms with Crippen molar-refractivity contribution in [3.63, 3.8) is 0 Å². The molecule has 0 bridgehead atoms. The van der Waals surface area contributed by atoms with E-state index in [1.54, 1.807) is 13.8 Å². The highest BCUT2D eigenvalue weighted by Gasteiger charge is 2.34. The van der Waals surface area contributed by atoms with Crippen molar-refractivity contribution in [3.05, 3.63) is 34.9 Å². The van der Waals surface area contributed by atoms with Crippen LogP contribution in [0.2, 0.25) is 0 Å². The fourth-order valence-electron chi connectivity index (χ4n) is 1.48. The molecule has 0 aliphatic heterocycles. The van der Waals surface area contributed by atoms with Gasteiger partial charge in [-0.05, 0) is 46.2 Å².